The van der Waals surface area contributed by atoms with E-state index in [2.05, 4.69) is 5.32 Å². The largest absolute Gasteiger partial charge is 0.329 e. The third kappa shape index (κ3) is 3.66. The molecule has 3 N–H and O–H groups in total. The number of hydrogen-bond donors (Lipinski definition) is 2. The summed E-state index contributed by atoms with van der Waals surface area (Å²) in [6.07, 6.45) is 6.16. The summed E-state index contributed by atoms with van der Waals surface area (Å²) in [6.45, 7) is 1.89. The molecule has 0 radical (unpaired) electrons. The lowest BCUT2D eigenvalue weighted by molar-refractivity contribution is -0.125. The standard InChI is InChI=1S/C11H19N3O2/c1-9(15)14(7-6-12)11(16)13-8-10-4-2-3-5-10/h8H,2-7,12H2,1H3,(H,13,16). The molecule has 5 nitrogen and oxygen atoms in total. The van der Waals surface area contributed by atoms with E-state index in [4.69, 9.17) is 5.73 Å². The zero-order valence-corrected chi connectivity index (χ0v) is 9.66. The van der Waals surface area contributed by atoms with Gasteiger partial charge in [-0.1, -0.05) is 5.57 Å². The molecule has 0 unspecified atom stereocenters. The van der Waals surface area contributed by atoms with E-state index in [1.165, 1.54) is 25.3 Å². The SMILES string of the molecule is CC(=O)N(CCN)C(=O)NC=C1CCCC1. The first-order valence-corrected chi connectivity index (χ1v) is 5.61. The average molecular weight is 225 g/mol. The van der Waals surface area contributed by atoms with Crippen LogP contribution in [0.15, 0.2) is 11.8 Å². The number of rotatable bonds is 3. The first-order valence-electron chi connectivity index (χ1n) is 5.61. The summed E-state index contributed by atoms with van der Waals surface area (Å²) >= 11 is 0. The van der Waals surface area contributed by atoms with Gasteiger partial charge in [0.2, 0.25) is 5.91 Å². The van der Waals surface area contributed by atoms with Crippen molar-refractivity contribution in [2.24, 2.45) is 5.73 Å². The van der Waals surface area contributed by atoms with E-state index < -0.39 is 6.03 Å². The molecule has 0 spiro atoms. The van der Waals surface area contributed by atoms with E-state index in [1.807, 2.05) is 0 Å². The van der Waals surface area contributed by atoms with Crippen LogP contribution in [-0.4, -0.2) is 29.9 Å². The predicted molar refractivity (Wildman–Crippen MR) is 61.5 cm³/mol. The molecule has 1 aliphatic rings. The van der Waals surface area contributed by atoms with Crippen LogP contribution in [0.4, 0.5) is 4.79 Å². The highest BCUT2D eigenvalue weighted by Crippen LogP contribution is 2.22. The number of urea groups is 1. The normalized spacial score (nSPS) is 14.8. The minimum atomic E-state index is -0.391. The van der Waals surface area contributed by atoms with Gasteiger partial charge in [-0.3, -0.25) is 9.69 Å². The highest BCUT2D eigenvalue weighted by molar-refractivity contribution is 5.93. The Labute approximate surface area is 95.7 Å². The molecule has 1 rings (SSSR count). The molecule has 0 aromatic heterocycles. The van der Waals surface area contributed by atoms with Crippen LogP contribution in [-0.2, 0) is 4.79 Å². The van der Waals surface area contributed by atoms with Crippen molar-refractivity contribution in [1.29, 1.82) is 0 Å². The van der Waals surface area contributed by atoms with Gasteiger partial charge in [0.15, 0.2) is 0 Å². The average Bonchev–Trinajstić information content (AvgIpc) is 2.75. The lowest BCUT2D eigenvalue weighted by Crippen LogP contribution is -2.43. The zero-order chi connectivity index (χ0) is 12.0. The van der Waals surface area contributed by atoms with Crippen LogP contribution < -0.4 is 11.1 Å². The monoisotopic (exact) mass is 225 g/mol. The molecule has 0 aromatic rings. The lowest BCUT2D eigenvalue weighted by Gasteiger charge is -2.17. The van der Waals surface area contributed by atoms with E-state index >= 15 is 0 Å². The Morgan fingerprint density at radius 1 is 1.44 bits per heavy atom. The lowest BCUT2D eigenvalue weighted by atomic mass is 10.2. The maximum atomic E-state index is 11.6. The maximum absolute atomic E-state index is 11.6. The fourth-order valence-corrected chi connectivity index (χ4v) is 1.75. The molecule has 0 bridgehead atoms. The van der Waals surface area contributed by atoms with Gasteiger partial charge in [0.25, 0.3) is 0 Å². The highest BCUT2D eigenvalue weighted by atomic mass is 16.2. The van der Waals surface area contributed by atoms with E-state index in [0.717, 1.165) is 17.7 Å². The Hall–Kier alpha value is -1.36. The number of carbonyl (C=O) groups excluding carboxylic acids is 2. The van der Waals surface area contributed by atoms with E-state index in [0.29, 0.717) is 0 Å². The summed E-state index contributed by atoms with van der Waals surface area (Å²) in [7, 11) is 0. The number of nitrogens with two attached hydrogens (primary N) is 1. The molecular weight excluding hydrogens is 206 g/mol. The molecule has 0 saturated heterocycles. The number of nitrogens with one attached hydrogen (secondary N) is 1. The minimum Gasteiger partial charge on any atom is -0.329 e. The van der Waals surface area contributed by atoms with Gasteiger partial charge in [0, 0.05) is 26.2 Å². The van der Waals surface area contributed by atoms with Crippen molar-refractivity contribution in [2.75, 3.05) is 13.1 Å². The first-order chi connectivity index (χ1) is 7.65. The summed E-state index contributed by atoms with van der Waals surface area (Å²) in [6, 6.07) is -0.391. The third-order valence-corrected chi connectivity index (χ3v) is 2.62. The molecule has 0 aromatic carbocycles. The maximum Gasteiger partial charge on any atom is 0.328 e. The molecule has 90 valence electrons. The van der Waals surface area contributed by atoms with Gasteiger partial charge >= 0.3 is 6.03 Å². The topological polar surface area (TPSA) is 75.4 Å². The van der Waals surface area contributed by atoms with Crippen LogP contribution >= 0.6 is 0 Å². The molecule has 0 heterocycles. The van der Waals surface area contributed by atoms with Crippen molar-refractivity contribution < 1.29 is 9.59 Å². The molecule has 5 heteroatoms. The number of nitrogens with zero attached hydrogens (tertiary/aromatic N) is 1. The van der Waals surface area contributed by atoms with Gasteiger partial charge in [0.1, 0.15) is 0 Å². The number of hydrogen-bond acceptors (Lipinski definition) is 3. The fraction of sp³-hybridized carbons (Fsp3) is 0.636. The van der Waals surface area contributed by atoms with Crippen LogP contribution in [0.2, 0.25) is 0 Å². The molecule has 1 saturated carbocycles. The Kier molecular flexibility index (Phi) is 4.98. The Morgan fingerprint density at radius 2 is 2.06 bits per heavy atom. The van der Waals surface area contributed by atoms with Crippen molar-refractivity contribution in [3.63, 3.8) is 0 Å². The van der Waals surface area contributed by atoms with Gasteiger partial charge in [-0.2, -0.15) is 0 Å². The molecule has 3 amide bonds. The number of carbonyl (C=O) groups is 2. The molecule has 1 fully saturated rings. The zero-order valence-electron chi connectivity index (χ0n) is 9.66. The van der Waals surface area contributed by atoms with E-state index in [-0.39, 0.29) is 19.0 Å². The predicted octanol–water partition coefficient (Wildman–Crippen LogP) is 0.961. The van der Waals surface area contributed by atoms with Crippen LogP contribution in [0.25, 0.3) is 0 Å². The summed E-state index contributed by atoms with van der Waals surface area (Å²) in [5.74, 6) is -0.284. The summed E-state index contributed by atoms with van der Waals surface area (Å²) < 4.78 is 0. The fourth-order valence-electron chi connectivity index (χ4n) is 1.75. The molecule has 1 aliphatic carbocycles. The molecule has 0 aliphatic heterocycles. The summed E-state index contributed by atoms with van der Waals surface area (Å²) in [4.78, 5) is 23.9. The minimum absolute atomic E-state index is 0.254. The third-order valence-electron chi connectivity index (χ3n) is 2.62. The molecular formula is C11H19N3O2. The van der Waals surface area contributed by atoms with Crippen molar-refractivity contribution in [1.82, 2.24) is 10.2 Å². The number of amides is 3. The van der Waals surface area contributed by atoms with Crippen LogP contribution in [0.3, 0.4) is 0 Å². The summed E-state index contributed by atoms with van der Waals surface area (Å²) in [5, 5.41) is 2.64. The molecule has 16 heavy (non-hydrogen) atoms. The second kappa shape index (κ2) is 6.27. The Morgan fingerprint density at radius 3 is 2.56 bits per heavy atom. The van der Waals surface area contributed by atoms with Crippen molar-refractivity contribution >= 4 is 11.9 Å². The Balaban J connectivity index is 2.48. The highest BCUT2D eigenvalue weighted by Gasteiger charge is 2.16. The first kappa shape index (κ1) is 12.7. The van der Waals surface area contributed by atoms with Crippen LogP contribution in [0.5, 0.6) is 0 Å². The van der Waals surface area contributed by atoms with Gasteiger partial charge in [0.05, 0.1) is 0 Å². The second-order valence-corrected chi connectivity index (χ2v) is 3.92. The van der Waals surface area contributed by atoms with Gasteiger partial charge < -0.3 is 11.1 Å². The van der Waals surface area contributed by atoms with Crippen molar-refractivity contribution in [3.05, 3.63) is 11.8 Å². The van der Waals surface area contributed by atoms with Crippen LogP contribution in [0, 0.1) is 0 Å². The Bertz CT molecular complexity index is 292. The van der Waals surface area contributed by atoms with Crippen LogP contribution in [0.1, 0.15) is 32.6 Å². The van der Waals surface area contributed by atoms with Gasteiger partial charge in [-0.05, 0) is 25.7 Å². The van der Waals surface area contributed by atoms with E-state index in [9.17, 15) is 9.59 Å². The van der Waals surface area contributed by atoms with Crippen molar-refractivity contribution in [3.8, 4) is 0 Å². The van der Waals surface area contributed by atoms with Gasteiger partial charge in [-0.25, -0.2) is 4.79 Å². The molecule has 0 atom stereocenters. The smallest absolute Gasteiger partial charge is 0.328 e. The second-order valence-electron chi connectivity index (χ2n) is 3.92. The van der Waals surface area contributed by atoms with E-state index in [1.54, 1.807) is 6.20 Å². The van der Waals surface area contributed by atoms with Crippen molar-refractivity contribution in [2.45, 2.75) is 32.6 Å². The summed E-state index contributed by atoms with van der Waals surface area (Å²) in [5.41, 5.74) is 6.57. The number of allylic oxidation sites excluding steroid dienone is 1. The van der Waals surface area contributed by atoms with Gasteiger partial charge in [-0.15, -0.1) is 0 Å². The number of imide groups is 1. The quantitative estimate of drug-likeness (QED) is 0.751.